The molecule has 0 aromatic heterocycles. The van der Waals surface area contributed by atoms with Gasteiger partial charge in [0.1, 0.15) is 0 Å². The Hall–Kier alpha value is -5.42. The predicted octanol–water partition coefficient (Wildman–Crippen LogP) is 9.24. The van der Waals surface area contributed by atoms with Crippen LogP contribution < -0.4 is 10.4 Å². The molecule has 7 rings (SSSR count). The molecule has 0 unspecified atom stereocenters. The SMILES string of the molecule is CC#Cc1ccc(C2=C(c3ccccc3)C(c3ccccc3)=C(c3ccc(C)cc3)[Si]2(c2ccccc2)c2ccccc2)cc1. The minimum atomic E-state index is -2.95. The Balaban J connectivity index is 1.75. The summed E-state index contributed by atoms with van der Waals surface area (Å²) in [5, 5.41) is 5.59. The van der Waals surface area contributed by atoms with Crippen LogP contribution >= 0.6 is 0 Å². The molecule has 0 nitrogen and oxygen atoms in total. The van der Waals surface area contributed by atoms with Crippen molar-refractivity contribution in [1.82, 2.24) is 0 Å². The second-order valence-corrected chi connectivity index (χ2v) is 15.2. The van der Waals surface area contributed by atoms with Gasteiger partial charge in [-0.1, -0.05) is 169 Å². The molecule has 0 bridgehead atoms. The normalized spacial score (nSPS) is 13.8. The highest BCUT2D eigenvalue weighted by molar-refractivity contribution is 7.29. The van der Waals surface area contributed by atoms with Gasteiger partial charge in [-0.05, 0) is 80.1 Å². The minimum Gasteiger partial charge on any atom is -0.101 e. The van der Waals surface area contributed by atoms with Gasteiger partial charge in [0, 0.05) is 5.56 Å². The smallest absolute Gasteiger partial charge is 0.101 e. The van der Waals surface area contributed by atoms with E-state index in [2.05, 4.69) is 189 Å². The number of rotatable bonds is 6. The largest absolute Gasteiger partial charge is 0.182 e. The lowest BCUT2D eigenvalue weighted by Crippen LogP contribution is -2.59. The van der Waals surface area contributed by atoms with Crippen LogP contribution in [0.3, 0.4) is 0 Å². The van der Waals surface area contributed by atoms with Gasteiger partial charge in [-0.15, -0.1) is 5.92 Å². The molecule has 0 spiro atoms. The van der Waals surface area contributed by atoms with Gasteiger partial charge < -0.3 is 0 Å². The summed E-state index contributed by atoms with van der Waals surface area (Å²) in [5.41, 5.74) is 9.90. The van der Waals surface area contributed by atoms with Crippen molar-refractivity contribution >= 4 is 40.0 Å². The van der Waals surface area contributed by atoms with E-state index in [1.54, 1.807) is 0 Å². The topological polar surface area (TPSA) is 0 Å². The zero-order valence-corrected chi connectivity index (χ0v) is 26.7. The van der Waals surface area contributed by atoms with E-state index in [1.165, 1.54) is 59.7 Å². The number of allylic oxidation sites excluding steroid dienone is 2. The summed E-state index contributed by atoms with van der Waals surface area (Å²) in [4.78, 5) is 0. The number of aryl methyl sites for hydroxylation is 1. The Bertz CT molecular complexity index is 2020. The minimum absolute atomic E-state index is 1.03. The summed E-state index contributed by atoms with van der Waals surface area (Å²) in [6.07, 6.45) is 0. The van der Waals surface area contributed by atoms with Gasteiger partial charge in [0.05, 0.1) is 0 Å². The zero-order valence-electron chi connectivity index (χ0n) is 25.7. The first-order valence-electron chi connectivity index (χ1n) is 15.5. The third kappa shape index (κ3) is 5.00. The van der Waals surface area contributed by atoms with Crippen LogP contribution in [-0.4, -0.2) is 8.07 Å². The van der Waals surface area contributed by atoms with E-state index in [-0.39, 0.29) is 0 Å². The molecule has 0 radical (unpaired) electrons. The van der Waals surface area contributed by atoms with Crippen molar-refractivity contribution in [3.8, 4) is 11.8 Å². The summed E-state index contributed by atoms with van der Waals surface area (Å²) in [6, 6.07) is 62.7. The van der Waals surface area contributed by atoms with Crippen molar-refractivity contribution in [1.29, 1.82) is 0 Å². The van der Waals surface area contributed by atoms with Crippen molar-refractivity contribution < 1.29 is 0 Å². The Morgan fingerprint density at radius 2 is 0.778 bits per heavy atom. The maximum atomic E-state index is 3.26. The fourth-order valence-electron chi connectivity index (χ4n) is 6.96. The Morgan fingerprint density at radius 3 is 1.18 bits per heavy atom. The second kappa shape index (κ2) is 12.3. The van der Waals surface area contributed by atoms with Crippen LogP contribution in [0, 0.1) is 18.8 Å². The van der Waals surface area contributed by atoms with Crippen LogP contribution in [0.15, 0.2) is 170 Å². The predicted molar refractivity (Wildman–Crippen MR) is 195 cm³/mol. The third-order valence-electron chi connectivity index (χ3n) is 8.82. The van der Waals surface area contributed by atoms with E-state index in [0.717, 1.165) is 5.56 Å². The Kier molecular flexibility index (Phi) is 7.74. The van der Waals surface area contributed by atoms with Crippen LogP contribution in [0.1, 0.15) is 40.3 Å². The maximum absolute atomic E-state index is 3.26. The lowest BCUT2D eigenvalue weighted by Gasteiger charge is -2.36. The lowest BCUT2D eigenvalue weighted by atomic mass is 9.89. The molecule has 0 saturated heterocycles. The van der Waals surface area contributed by atoms with Crippen LogP contribution in [0.25, 0.3) is 21.5 Å². The Morgan fingerprint density at radius 1 is 0.400 bits per heavy atom. The van der Waals surface area contributed by atoms with E-state index in [1.807, 2.05) is 6.92 Å². The highest BCUT2D eigenvalue weighted by atomic mass is 28.3. The molecular weight excluding hydrogens is 557 g/mol. The van der Waals surface area contributed by atoms with Gasteiger partial charge >= 0.3 is 0 Å². The van der Waals surface area contributed by atoms with Crippen molar-refractivity contribution in [2.24, 2.45) is 0 Å². The molecule has 1 heterocycles. The van der Waals surface area contributed by atoms with Crippen LogP contribution in [0.4, 0.5) is 0 Å². The van der Waals surface area contributed by atoms with Crippen molar-refractivity contribution in [2.75, 3.05) is 0 Å². The lowest BCUT2D eigenvalue weighted by molar-refractivity contribution is 1.46. The van der Waals surface area contributed by atoms with Crippen LogP contribution in [-0.2, 0) is 0 Å². The number of benzene rings is 6. The van der Waals surface area contributed by atoms with Gasteiger partial charge in [-0.25, -0.2) is 0 Å². The van der Waals surface area contributed by atoms with E-state index >= 15 is 0 Å². The molecule has 1 heteroatoms. The third-order valence-corrected chi connectivity index (χ3v) is 13.8. The fourth-order valence-corrected chi connectivity index (χ4v) is 12.6. The van der Waals surface area contributed by atoms with E-state index in [4.69, 9.17) is 0 Å². The molecule has 1 aliphatic heterocycles. The second-order valence-electron chi connectivity index (χ2n) is 11.5. The van der Waals surface area contributed by atoms with Gasteiger partial charge in [0.15, 0.2) is 8.07 Å². The average Bonchev–Trinajstić information content (AvgIpc) is 3.43. The van der Waals surface area contributed by atoms with Gasteiger partial charge in [0.25, 0.3) is 0 Å². The standard InChI is InChI=1S/C44H34Si/c1-3-16-34-27-31-38(32-28-34)44-42(36-19-10-5-11-20-36)41(35-17-8-4-9-18-35)43(37-29-25-33(2)26-30-37)45(44,39-21-12-6-13-22-39)40-23-14-7-15-24-40/h4-15,17-32H,1-2H3. The van der Waals surface area contributed by atoms with E-state index in [9.17, 15) is 0 Å². The molecule has 1 aliphatic rings. The summed E-state index contributed by atoms with van der Waals surface area (Å²) in [7, 11) is -2.95. The highest BCUT2D eigenvalue weighted by Crippen LogP contribution is 2.55. The summed E-state index contributed by atoms with van der Waals surface area (Å²) in [5.74, 6) is 6.34. The molecule has 45 heavy (non-hydrogen) atoms. The summed E-state index contributed by atoms with van der Waals surface area (Å²) >= 11 is 0. The summed E-state index contributed by atoms with van der Waals surface area (Å²) < 4.78 is 0. The van der Waals surface area contributed by atoms with Crippen LogP contribution in [0.5, 0.6) is 0 Å². The number of hydrogen-bond donors (Lipinski definition) is 0. The molecule has 214 valence electrons. The maximum Gasteiger partial charge on any atom is 0.182 e. The van der Waals surface area contributed by atoms with Gasteiger partial charge in [0.2, 0.25) is 0 Å². The van der Waals surface area contributed by atoms with Crippen molar-refractivity contribution in [2.45, 2.75) is 13.8 Å². The van der Waals surface area contributed by atoms with E-state index in [0.29, 0.717) is 0 Å². The first kappa shape index (κ1) is 28.4. The molecule has 6 aromatic rings. The zero-order chi connectivity index (χ0) is 30.6. The highest BCUT2D eigenvalue weighted by Gasteiger charge is 2.53. The van der Waals surface area contributed by atoms with Crippen molar-refractivity contribution in [3.63, 3.8) is 0 Å². The monoisotopic (exact) mass is 590 g/mol. The summed E-state index contributed by atoms with van der Waals surface area (Å²) in [6.45, 7) is 4.07. The molecule has 0 atom stereocenters. The van der Waals surface area contributed by atoms with Crippen molar-refractivity contribution in [3.05, 3.63) is 203 Å². The number of hydrogen-bond acceptors (Lipinski definition) is 0. The van der Waals surface area contributed by atoms with E-state index < -0.39 is 8.07 Å². The molecule has 0 fully saturated rings. The molecule has 0 N–H and O–H groups in total. The quantitative estimate of drug-likeness (QED) is 0.134. The molecular formula is C44H34Si. The molecule has 0 saturated carbocycles. The van der Waals surface area contributed by atoms with Gasteiger partial charge in [-0.3, -0.25) is 0 Å². The average molecular weight is 591 g/mol. The van der Waals surface area contributed by atoms with Gasteiger partial charge in [-0.2, -0.15) is 0 Å². The Labute approximate surface area is 268 Å². The molecule has 0 aliphatic carbocycles. The molecule has 6 aromatic carbocycles. The fraction of sp³-hybridized carbons (Fsp3) is 0.0455. The van der Waals surface area contributed by atoms with Crippen LogP contribution in [0.2, 0.25) is 0 Å². The first-order chi connectivity index (χ1) is 22.2. The first-order valence-corrected chi connectivity index (χ1v) is 17.5. The molecule has 0 amide bonds.